The van der Waals surface area contributed by atoms with Crippen LogP contribution in [0.5, 0.6) is 0 Å². The van der Waals surface area contributed by atoms with E-state index in [2.05, 4.69) is 4.74 Å². The highest BCUT2D eigenvalue weighted by Gasteiger charge is 2.88. The van der Waals surface area contributed by atoms with Gasteiger partial charge in [0.05, 0.1) is 7.11 Å². The number of hydrogen-bond donors (Lipinski definition) is 0. The lowest BCUT2D eigenvalue weighted by Crippen LogP contribution is -2.47. The number of carbonyl (C=O) groups excluding carboxylic acids is 1. The fourth-order valence-corrected chi connectivity index (χ4v) is 6.36. The molecule has 24 heavy (non-hydrogen) atoms. The van der Waals surface area contributed by atoms with Gasteiger partial charge in [0, 0.05) is 9.79 Å². The maximum Gasteiger partial charge on any atom is 0.415 e. The SMILES string of the molecule is COC(=O)C1(C(F)(F)F)SC12c1ccccc1Sc1ccccc12. The largest absolute Gasteiger partial charge is 0.468 e. The number of thioether (sulfide) groups is 1. The van der Waals surface area contributed by atoms with E-state index >= 15 is 0 Å². The molecule has 0 N–H and O–H groups in total. The quantitative estimate of drug-likeness (QED) is 0.542. The van der Waals surface area contributed by atoms with Gasteiger partial charge in [0.1, 0.15) is 4.75 Å². The van der Waals surface area contributed by atoms with E-state index in [0.29, 0.717) is 22.9 Å². The van der Waals surface area contributed by atoms with Crippen LogP contribution < -0.4 is 0 Å². The van der Waals surface area contributed by atoms with Crippen LogP contribution in [-0.4, -0.2) is 24.0 Å². The average Bonchev–Trinajstić information content (AvgIpc) is 3.27. The summed E-state index contributed by atoms with van der Waals surface area (Å²) in [6.07, 6.45) is -4.73. The van der Waals surface area contributed by atoms with E-state index < -0.39 is 21.6 Å². The molecule has 0 aliphatic carbocycles. The second-order valence-electron chi connectivity index (χ2n) is 5.55. The van der Waals surface area contributed by atoms with Crippen LogP contribution in [-0.2, 0) is 14.3 Å². The molecule has 4 rings (SSSR count). The lowest BCUT2D eigenvalue weighted by atomic mass is 9.79. The Balaban J connectivity index is 2.04. The highest BCUT2D eigenvalue weighted by molar-refractivity contribution is 8.10. The van der Waals surface area contributed by atoms with Crippen LogP contribution in [0.25, 0.3) is 0 Å². The van der Waals surface area contributed by atoms with Crippen molar-refractivity contribution in [3.63, 3.8) is 0 Å². The van der Waals surface area contributed by atoms with Gasteiger partial charge in [0.25, 0.3) is 0 Å². The zero-order chi connectivity index (χ0) is 17.2. The molecule has 0 radical (unpaired) electrons. The van der Waals surface area contributed by atoms with Crippen molar-refractivity contribution in [2.24, 2.45) is 0 Å². The third kappa shape index (κ3) is 1.74. The number of carbonyl (C=O) groups is 1. The first-order chi connectivity index (χ1) is 11.4. The molecule has 1 atom stereocenters. The number of fused-ring (bicyclic) bond motifs is 4. The van der Waals surface area contributed by atoms with Crippen molar-refractivity contribution in [3.05, 3.63) is 59.7 Å². The average molecular weight is 368 g/mol. The van der Waals surface area contributed by atoms with Gasteiger partial charge in [0.15, 0.2) is 0 Å². The standard InChI is InChI=1S/C17H11F3O2S2/c1-22-14(21)16(17(18,19)20)15(24-16)10-6-2-4-8-12(10)23-13-9-5-3-7-11(13)15/h2-9H,1H3. The summed E-state index contributed by atoms with van der Waals surface area (Å²) in [6, 6.07) is 13.9. The summed E-state index contributed by atoms with van der Waals surface area (Å²) in [6.45, 7) is 0. The predicted octanol–water partition coefficient (Wildman–Crippen LogP) is 4.62. The summed E-state index contributed by atoms with van der Waals surface area (Å²) in [5, 5.41) is 0. The van der Waals surface area contributed by atoms with Gasteiger partial charge in [0.2, 0.25) is 4.75 Å². The number of alkyl halides is 3. The zero-order valence-electron chi connectivity index (χ0n) is 12.4. The molecule has 2 nitrogen and oxygen atoms in total. The summed E-state index contributed by atoms with van der Waals surface area (Å²) >= 11 is 2.04. The van der Waals surface area contributed by atoms with Gasteiger partial charge in [-0.15, -0.1) is 11.8 Å². The Morgan fingerprint density at radius 1 is 1.00 bits per heavy atom. The van der Waals surface area contributed by atoms with Crippen LogP contribution in [0.1, 0.15) is 11.1 Å². The summed E-state index contributed by atoms with van der Waals surface area (Å²) in [5.74, 6) is -1.25. The van der Waals surface area contributed by atoms with Gasteiger partial charge in [-0.1, -0.05) is 48.2 Å². The minimum atomic E-state index is -4.73. The molecule has 2 aliphatic rings. The van der Waals surface area contributed by atoms with Crippen molar-refractivity contribution in [3.8, 4) is 0 Å². The minimum absolute atomic E-state index is 0.515. The van der Waals surface area contributed by atoms with E-state index in [1.54, 1.807) is 48.5 Å². The smallest absolute Gasteiger partial charge is 0.415 e. The Labute approximate surface area is 144 Å². The Bertz CT molecular complexity index is 804. The van der Waals surface area contributed by atoms with Gasteiger partial charge >= 0.3 is 12.1 Å². The Morgan fingerprint density at radius 2 is 1.50 bits per heavy atom. The van der Waals surface area contributed by atoms with Gasteiger partial charge in [-0.3, -0.25) is 4.79 Å². The van der Waals surface area contributed by atoms with Gasteiger partial charge in [-0.2, -0.15) is 13.2 Å². The van der Waals surface area contributed by atoms with Crippen molar-refractivity contribution in [1.82, 2.24) is 0 Å². The molecular formula is C17H11F3O2S2. The summed E-state index contributed by atoms with van der Waals surface area (Å²) in [5.41, 5.74) is 1.03. The van der Waals surface area contributed by atoms with E-state index in [4.69, 9.17) is 0 Å². The first-order valence-electron chi connectivity index (χ1n) is 7.10. The maximum atomic E-state index is 14.0. The molecule has 2 aromatic rings. The molecule has 0 saturated carbocycles. The third-order valence-electron chi connectivity index (χ3n) is 4.38. The van der Waals surface area contributed by atoms with Crippen LogP contribution in [0.4, 0.5) is 13.2 Å². The van der Waals surface area contributed by atoms with E-state index in [1.807, 2.05) is 0 Å². The molecule has 1 fully saturated rings. The van der Waals surface area contributed by atoms with E-state index in [-0.39, 0.29) is 0 Å². The third-order valence-corrected chi connectivity index (χ3v) is 7.40. The molecule has 1 saturated heterocycles. The lowest BCUT2D eigenvalue weighted by Gasteiger charge is -2.31. The molecule has 1 spiro atoms. The molecule has 0 bridgehead atoms. The van der Waals surface area contributed by atoms with Crippen LogP contribution in [0.3, 0.4) is 0 Å². The molecule has 0 amide bonds. The second-order valence-corrected chi connectivity index (χ2v) is 8.06. The van der Waals surface area contributed by atoms with Crippen molar-refractivity contribution in [1.29, 1.82) is 0 Å². The van der Waals surface area contributed by atoms with Gasteiger partial charge in [-0.05, 0) is 23.3 Å². The number of halogens is 3. The van der Waals surface area contributed by atoms with Crippen molar-refractivity contribution in [2.75, 3.05) is 7.11 Å². The van der Waals surface area contributed by atoms with Crippen LogP contribution >= 0.6 is 23.5 Å². The number of benzene rings is 2. The van der Waals surface area contributed by atoms with Gasteiger partial charge < -0.3 is 4.74 Å². The molecule has 2 aliphatic heterocycles. The van der Waals surface area contributed by atoms with E-state index in [0.717, 1.165) is 16.9 Å². The van der Waals surface area contributed by atoms with E-state index in [1.165, 1.54) is 11.8 Å². The minimum Gasteiger partial charge on any atom is -0.468 e. The van der Waals surface area contributed by atoms with Crippen LogP contribution in [0.15, 0.2) is 58.3 Å². The lowest BCUT2D eigenvalue weighted by molar-refractivity contribution is -0.182. The fourth-order valence-electron chi connectivity index (χ4n) is 3.35. The highest BCUT2D eigenvalue weighted by atomic mass is 32.2. The number of esters is 1. The van der Waals surface area contributed by atoms with Crippen molar-refractivity contribution < 1.29 is 22.7 Å². The summed E-state index contributed by atoms with van der Waals surface area (Å²) < 4.78 is 42.5. The Hall–Kier alpha value is -1.60. The summed E-state index contributed by atoms with van der Waals surface area (Å²) in [7, 11) is 0.998. The molecule has 0 aromatic heterocycles. The normalized spacial score (nSPS) is 23.3. The molecule has 7 heteroatoms. The van der Waals surface area contributed by atoms with Gasteiger partial charge in [-0.25, -0.2) is 0 Å². The summed E-state index contributed by atoms with van der Waals surface area (Å²) in [4.78, 5) is 13.7. The Kier molecular flexibility index (Phi) is 3.28. The monoisotopic (exact) mass is 368 g/mol. The maximum absolute atomic E-state index is 14.0. The zero-order valence-corrected chi connectivity index (χ0v) is 14.0. The number of rotatable bonds is 1. The van der Waals surface area contributed by atoms with E-state index in [9.17, 15) is 18.0 Å². The fraction of sp³-hybridized carbons (Fsp3) is 0.235. The second kappa shape index (κ2) is 4.95. The number of methoxy groups -OCH3 is 1. The first kappa shape index (κ1) is 15.9. The molecular weight excluding hydrogens is 357 g/mol. The number of hydrogen-bond acceptors (Lipinski definition) is 4. The Morgan fingerprint density at radius 3 is 1.96 bits per heavy atom. The highest BCUT2D eigenvalue weighted by Crippen LogP contribution is 2.81. The van der Waals surface area contributed by atoms with Crippen LogP contribution in [0, 0.1) is 0 Å². The molecule has 124 valence electrons. The molecule has 2 heterocycles. The van der Waals surface area contributed by atoms with Crippen molar-refractivity contribution >= 4 is 29.5 Å². The first-order valence-corrected chi connectivity index (χ1v) is 8.74. The molecule has 2 aromatic carbocycles. The molecule has 1 unspecified atom stereocenters. The number of ether oxygens (including phenoxy) is 1. The topological polar surface area (TPSA) is 26.3 Å². The van der Waals surface area contributed by atoms with Crippen molar-refractivity contribution in [2.45, 2.75) is 25.5 Å². The van der Waals surface area contributed by atoms with Crippen LogP contribution in [0.2, 0.25) is 0 Å². The predicted molar refractivity (Wildman–Crippen MR) is 86.2 cm³/mol.